The summed E-state index contributed by atoms with van der Waals surface area (Å²) >= 11 is 3.60. The number of rotatable bonds is 5. The molecule has 2 heterocycles. The molecule has 3 rings (SSSR count). The highest BCUT2D eigenvalue weighted by atomic mass is 79.9. The van der Waals surface area contributed by atoms with E-state index in [0.29, 0.717) is 12.0 Å². The number of anilines is 1. The summed E-state index contributed by atoms with van der Waals surface area (Å²) in [5, 5.41) is 14.7. The van der Waals surface area contributed by atoms with Gasteiger partial charge >= 0.3 is 0 Å². The van der Waals surface area contributed by atoms with Crippen LogP contribution in [0.15, 0.2) is 16.9 Å². The van der Waals surface area contributed by atoms with Gasteiger partial charge in [0.15, 0.2) is 0 Å². The van der Waals surface area contributed by atoms with Gasteiger partial charge in [0, 0.05) is 22.9 Å². The molecule has 0 aliphatic heterocycles. The average Bonchev–Trinajstić information content (AvgIpc) is 2.84. The second kappa shape index (κ2) is 7.18. The van der Waals surface area contributed by atoms with Crippen LogP contribution in [0, 0.1) is 0 Å². The molecule has 6 heteroatoms. The van der Waals surface area contributed by atoms with E-state index in [1.165, 1.54) is 0 Å². The van der Waals surface area contributed by atoms with Crippen molar-refractivity contribution < 1.29 is 5.11 Å². The first kappa shape index (κ1) is 16.7. The smallest absolute Gasteiger partial charge is 0.224 e. The highest BCUT2D eigenvalue weighted by Crippen LogP contribution is 2.34. The first-order valence-corrected chi connectivity index (χ1v) is 9.37. The van der Waals surface area contributed by atoms with Crippen molar-refractivity contribution in [2.45, 2.75) is 70.6 Å². The number of fused-ring (bicyclic) bond motifs is 1. The third-order valence-electron chi connectivity index (χ3n) is 4.67. The van der Waals surface area contributed by atoms with Gasteiger partial charge in [0.25, 0.3) is 0 Å². The molecule has 3 atom stereocenters. The number of hydrogen-bond donors (Lipinski definition) is 2. The number of aliphatic hydroxyl groups excluding tert-OH is 1. The van der Waals surface area contributed by atoms with Crippen LogP contribution >= 0.6 is 15.9 Å². The molecule has 1 saturated carbocycles. The Hall–Kier alpha value is -1.14. The van der Waals surface area contributed by atoms with Crippen LogP contribution in [0.2, 0.25) is 0 Å². The summed E-state index contributed by atoms with van der Waals surface area (Å²) in [5.74, 6) is 0.663. The topological polar surface area (TPSA) is 63.0 Å². The van der Waals surface area contributed by atoms with E-state index in [4.69, 9.17) is 4.98 Å². The van der Waals surface area contributed by atoms with Crippen molar-refractivity contribution in [1.82, 2.24) is 14.5 Å². The molecule has 0 spiro atoms. The van der Waals surface area contributed by atoms with Crippen LogP contribution in [0.4, 0.5) is 5.95 Å². The fourth-order valence-electron chi connectivity index (χ4n) is 3.46. The lowest BCUT2D eigenvalue weighted by Gasteiger charge is -2.29. The molecule has 1 aliphatic carbocycles. The molecule has 126 valence electrons. The second-order valence-corrected chi connectivity index (χ2v) is 7.42. The minimum atomic E-state index is -0.295. The van der Waals surface area contributed by atoms with Crippen LogP contribution < -0.4 is 5.32 Å². The molecule has 0 amide bonds. The second-order valence-electron chi connectivity index (χ2n) is 6.57. The largest absolute Gasteiger partial charge is 0.391 e. The van der Waals surface area contributed by atoms with E-state index < -0.39 is 0 Å². The van der Waals surface area contributed by atoms with E-state index in [1.54, 1.807) is 0 Å². The summed E-state index contributed by atoms with van der Waals surface area (Å²) < 4.78 is 3.11. The molecule has 1 aliphatic rings. The SMILES string of the molecule is CCC[C@H](C)Nc1ncc2c(Br)cn(C3CCCCC3O)c2n1. The van der Waals surface area contributed by atoms with Gasteiger partial charge in [-0.3, -0.25) is 0 Å². The van der Waals surface area contributed by atoms with E-state index in [-0.39, 0.29) is 12.1 Å². The van der Waals surface area contributed by atoms with Gasteiger partial charge in [0.2, 0.25) is 5.95 Å². The molecule has 0 saturated heterocycles. The van der Waals surface area contributed by atoms with Crippen molar-refractivity contribution in [3.05, 3.63) is 16.9 Å². The Bertz CT molecular complexity index is 672. The van der Waals surface area contributed by atoms with Crippen molar-refractivity contribution in [3.8, 4) is 0 Å². The third kappa shape index (κ3) is 3.53. The van der Waals surface area contributed by atoms with Gasteiger partial charge in [0.05, 0.1) is 17.5 Å². The summed E-state index contributed by atoms with van der Waals surface area (Å²) in [6, 6.07) is 0.456. The molecule has 2 aromatic heterocycles. The summed E-state index contributed by atoms with van der Waals surface area (Å²) in [7, 11) is 0. The Morgan fingerprint density at radius 1 is 1.43 bits per heavy atom. The number of aromatic nitrogens is 3. The van der Waals surface area contributed by atoms with Crippen molar-refractivity contribution in [2.75, 3.05) is 5.32 Å². The van der Waals surface area contributed by atoms with E-state index in [1.807, 2.05) is 12.4 Å². The molecule has 5 nitrogen and oxygen atoms in total. The normalized spacial score (nSPS) is 23.1. The highest BCUT2D eigenvalue weighted by molar-refractivity contribution is 9.10. The quantitative estimate of drug-likeness (QED) is 0.812. The lowest BCUT2D eigenvalue weighted by molar-refractivity contribution is 0.0773. The maximum atomic E-state index is 10.4. The molecule has 2 N–H and O–H groups in total. The molecule has 1 fully saturated rings. The molecule has 0 bridgehead atoms. The zero-order chi connectivity index (χ0) is 16.4. The summed E-state index contributed by atoms with van der Waals surface area (Å²) in [6.07, 6.45) is 9.95. The molecule has 2 aromatic rings. The predicted octanol–water partition coefficient (Wildman–Crippen LogP) is 4.27. The van der Waals surface area contributed by atoms with Gasteiger partial charge in [0.1, 0.15) is 5.65 Å². The molecule has 0 aromatic carbocycles. The summed E-state index contributed by atoms with van der Waals surface area (Å²) in [6.45, 7) is 4.33. The first-order chi connectivity index (χ1) is 11.1. The fraction of sp³-hybridized carbons (Fsp3) is 0.647. The van der Waals surface area contributed by atoms with Crippen molar-refractivity contribution in [1.29, 1.82) is 0 Å². The van der Waals surface area contributed by atoms with Gasteiger partial charge < -0.3 is 15.0 Å². The summed E-state index contributed by atoms with van der Waals surface area (Å²) in [5.41, 5.74) is 0.893. The van der Waals surface area contributed by atoms with Crippen LogP contribution in [-0.2, 0) is 0 Å². The molecular formula is C17H25BrN4O. The van der Waals surface area contributed by atoms with E-state index >= 15 is 0 Å². The molecule has 23 heavy (non-hydrogen) atoms. The van der Waals surface area contributed by atoms with Crippen LogP contribution in [0.5, 0.6) is 0 Å². The Morgan fingerprint density at radius 3 is 2.96 bits per heavy atom. The van der Waals surface area contributed by atoms with Gasteiger partial charge in [-0.25, -0.2) is 4.98 Å². The Kier molecular flexibility index (Phi) is 5.21. The minimum absolute atomic E-state index is 0.105. The standard InChI is InChI=1S/C17H25BrN4O/c1-3-6-11(2)20-17-19-9-12-13(18)10-22(16(12)21-17)14-7-4-5-8-15(14)23/h9-11,14-15,23H,3-8H2,1-2H3,(H,19,20,21)/t11-,14?,15?/m0/s1. The minimum Gasteiger partial charge on any atom is -0.391 e. The van der Waals surface area contributed by atoms with E-state index in [9.17, 15) is 5.11 Å². The van der Waals surface area contributed by atoms with Crippen molar-refractivity contribution in [3.63, 3.8) is 0 Å². The third-order valence-corrected chi connectivity index (χ3v) is 5.30. The molecule has 0 radical (unpaired) electrons. The average molecular weight is 381 g/mol. The maximum Gasteiger partial charge on any atom is 0.224 e. The van der Waals surface area contributed by atoms with Crippen LogP contribution in [-0.4, -0.2) is 31.8 Å². The Labute approximate surface area is 145 Å². The van der Waals surface area contributed by atoms with E-state index in [2.05, 4.69) is 44.6 Å². The Morgan fingerprint density at radius 2 is 2.22 bits per heavy atom. The maximum absolute atomic E-state index is 10.4. The molecular weight excluding hydrogens is 356 g/mol. The number of nitrogens with one attached hydrogen (secondary N) is 1. The van der Waals surface area contributed by atoms with Gasteiger partial charge in [-0.15, -0.1) is 0 Å². The fourth-order valence-corrected chi connectivity index (χ4v) is 3.96. The zero-order valence-corrected chi connectivity index (χ0v) is 15.4. The van der Waals surface area contributed by atoms with Crippen LogP contribution in [0.25, 0.3) is 11.0 Å². The Balaban J connectivity index is 1.94. The summed E-state index contributed by atoms with van der Waals surface area (Å²) in [4.78, 5) is 9.17. The zero-order valence-electron chi connectivity index (χ0n) is 13.8. The van der Waals surface area contributed by atoms with Crippen LogP contribution in [0.1, 0.15) is 58.4 Å². The van der Waals surface area contributed by atoms with E-state index in [0.717, 1.165) is 54.0 Å². The monoisotopic (exact) mass is 380 g/mol. The lowest BCUT2D eigenvalue weighted by atomic mass is 9.92. The number of hydrogen-bond acceptors (Lipinski definition) is 4. The number of halogens is 1. The van der Waals surface area contributed by atoms with Crippen molar-refractivity contribution in [2.24, 2.45) is 0 Å². The number of aliphatic hydroxyl groups is 1. The van der Waals surface area contributed by atoms with Gasteiger partial charge in [-0.1, -0.05) is 26.2 Å². The molecule has 2 unspecified atom stereocenters. The lowest BCUT2D eigenvalue weighted by Crippen LogP contribution is -2.27. The van der Waals surface area contributed by atoms with Gasteiger partial charge in [-0.2, -0.15) is 4.98 Å². The van der Waals surface area contributed by atoms with Crippen LogP contribution in [0.3, 0.4) is 0 Å². The highest BCUT2D eigenvalue weighted by Gasteiger charge is 2.27. The number of nitrogens with zero attached hydrogens (tertiary/aromatic N) is 3. The first-order valence-electron chi connectivity index (χ1n) is 8.57. The van der Waals surface area contributed by atoms with Gasteiger partial charge in [-0.05, 0) is 42.1 Å². The van der Waals surface area contributed by atoms with Crippen molar-refractivity contribution >= 4 is 32.9 Å². The predicted molar refractivity (Wildman–Crippen MR) is 96.7 cm³/mol.